The molecule has 0 saturated carbocycles. The van der Waals surface area contributed by atoms with Crippen LogP contribution in [0.25, 0.3) is 5.57 Å². The van der Waals surface area contributed by atoms with E-state index in [1.807, 2.05) is 0 Å². The van der Waals surface area contributed by atoms with Gasteiger partial charge in [-0.15, -0.1) is 0 Å². The van der Waals surface area contributed by atoms with Crippen LogP contribution in [0.2, 0.25) is 0 Å². The molecule has 1 N–H and O–H groups in total. The summed E-state index contributed by atoms with van der Waals surface area (Å²) in [6.45, 7) is 14.4. The molecule has 2 heteroatoms. The maximum absolute atomic E-state index is 3.41. The van der Waals surface area contributed by atoms with Crippen molar-refractivity contribution in [2.45, 2.75) is 59.5 Å². The lowest BCUT2D eigenvalue weighted by Gasteiger charge is -2.43. The third-order valence-electron chi connectivity index (χ3n) is 4.36. The summed E-state index contributed by atoms with van der Waals surface area (Å²) in [5.74, 6) is 0. The van der Waals surface area contributed by atoms with E-state index in [0.29, 0.717) is 0 Å². The Kier molecular flexibility index (Phi) is 5.10. The summed E-state index contributed by atoms with van der Waals surface area (Å²) in [6.07, 6.45) is 4.90. The highest BCUT2D eigenvalue weighted by Crippen LogP contribution is 2.39. The molecule has 0 amide bonds. The van der Waals surface area contributed by atoms with E-state index in [0.717, 1.165) is 19.6 Å². The SMILES string of the molecule is CCCCN1c2ccc(CNCC)cc2C(C)=CC1(C)C. The number of rotatable bonds is 6. The Morgan fingerprint density at radius 3 is 2.62 bits per heavy atom. The maximum atomic E-state index is 3.41. The van der Waals surface area contributed by atoms with Crippen LogP contribution in [0.4, 0.5) is 5.69 Å². The molecule has 0 aliphatic carbocycles. The van der Waals surface area contributed by atoms with Crippen LogP contribution in [0.3, 0.4) is 0 Å². The highest BCUT2D eigenvalue weighted by molar-refractivity contribution is 5.81. The Morgan fingerprint density at radius 2 is 1.95 bits per heavy atom. The minimum absolute atomic E-state index is 0.107. The zero-order valence-electron chi connectivity index (χ0n) is 14.3. The van der Waals surface area contributed by atoms with Crippen molar-refractivity contribution in [3.05, 3.63) is 35.4 Å². The normalized spacial score (nSPS) is 16.6. The second-order valence-corrected chi connectivity index (χ2v) is 6.62. The molecule has 0 bridgehead atoms. The molecule has 0 atom stereocenters. The van der Waals surface area contributed by atoms with Gasteiger partial charge in [-0.25, -0.2) is 0 Å². The lowest BCUT2D eigenvalue weighted by molar-refractivity contribution is 0.540. The fourth-order valence-corrected chi connectivity index (χ4v) is 3.23. The molecule has 0 unspecified atom stereocenters. The van der Waals surface area contributed by atoms with Crippen LogP contribution in [0.5, 0.6) is 0 Å². The van der Waals surface area contributed by atoms with Crippen LogP contribution in [-0.4, -0.2) is 18.6 Å². The molecule has 0 saturated heterocycles. The van der Waals surface area contributed by atoms with Gasteiger partial charge in [-0.2, -0.15) is 0 Å². The van der Waals surface area contributed by atoms with Gasteiger partial charge in [-0.3, -0.25) is 0 Å². The van der Waals surface area contributed by atoms with Crippen LogP contribution in [0, 0.1) is 0 Å². The Hall–Kier alpha value is -1.28. The second kappa shape index (κ2) is 6.65. The Balaban J connectivity index is 2.36. The van der Waals surface area contributed by atoms with Gasteiger partial charge in [0.15, 0.2) is 0 Å². The van der Waals surface area contributed by atoms with Gasteiger partial charge < -0.3 is 10.2 Å². The number of hydrogen-bond donors (Lipinski definition) is 1. The Morgan fingerprint density at radius 1 is 1.19 bits per heavy atom. The molecular weight excluding hydrogens is 256 g/mol. The van der Waals surface area contributed by atoms with Crippen molar-refractivity contribution in [1.29, 1.82) is 0 Å². The molecule has 21 heavy (non-hydrogen) atoms. The second-order valence-electron chi connectivity index (χ2n) is 6.62. The van der Waals surface area contributed by atoms with E-state index in [-0.39, 0.29) is 5.54 Å². The molecule has 0 aromatic heterocycles. The molecule has 1 heterocycles. The lowest BCUT2D eigenvalue weighted by atomic mass is 9.87. The van der Waals surface area contributed by atoms with Crippen molar-refractivity contribution >= 4 is 11.3 Å². The van der Waals surface area contributed by atoms with Gasteiger partial charge in [0.1, 0.15) is 0 Å². The Bertz CT molecular complexity index is 514. The van der Waals surface area contributed by atoms with Crippen LogP contribution < -0.4 is 10.2 Å². The average Bonchev–Trinajstić information content (AvgIpc) is 2.44. The summed E-state index contributed by atoms with van der Waals surface area (Å²) in [4.78, 5) is 2.57. The number of anilines is 1. The lowest BCUT2D eigenvalue weighted by Crippen LogP contribution is -2.45. The maximum Gasteiger partial charge on any atom is 0.0534 e. The van der Waals surface area contributed by atoms with Crippen LogP contribution in [0.15, 0.2) is 24.3 Å². The fourth-order valence-electron chi connectivity index (χ4n) is 3.23. The molecule has 2 nitrogen and oxygen atoms in total. The van der Waals surface area contributed by atoms with Gasteiger partial charge in [0, 0.05) is 24.3 Å². The van der Waals surface area contributed by atoms with Gasteiger partial charge in [-0.05, 0) is 57.0 Å². The number of benzene rings is 1. The Labute approximate surface area is 130 Å². The molecule has 2 rings (SSSR count). The van der Waals surface area contributed by atoms with Gasteiger partial charge in [0.05, 0.1) is 5.54 Å². The molecular formula is C19H30N2. The first-order valence-electron chi connectivity index (χ1n) is 8.30. The molecule has 0 spiro atoms. The molecule has 1 aliphatic heterocycles. The summed E-state index contributed by atoms with van der Waals surface area (Å²) < 4.78 is 0. The number of nitrogens with zero attached hydrogens (tertiary/aromatic N) is 1. The first kappa shape index (κ1) is 16.1. The molecule has 1 aromatic rings. The average molecular weight is 286 g/mol. The largest absolute Gasteiger partial charge is 0.362 e. The topological polar surface area (TPSA) is 15.3 Å². The molecule has 1 aliphatic rings. The van der Waals surface area contributed by atoms with E-state index in [4.69, 9.17) is 0 Å². The van der Waals surface area contributed by atoms with E-state index in [9.17, 15) is 0 Å². The zero-order chi connectivity index (χ0) is 15.5. The summed E-state index contributed by atoms with van der Waals surface area (Å²) in [7, 11) is 0. The molecule has 116 valence electrons. The minimum Gasteiger partial charge on any atom is -0.362 e. The van der Waals surface area contributed by atoms with Crippen molar-refractivity contribution < 1.29 is 0 Å². The summed E-state index contributed by atoms with van der Waals surface area (Å²) in [6, 6.07) is 6.95. The third-order valence-corrected chi connectivity index (χ3v) is 4.36. The number of unbranched alkanes of at least 4 members (excludes halogenated alkanes) is 1. The number of allylic oxidation sites excluding steroid dienone is 1. The first-order valence-corrected chi connectivity index (χ1v) is 8.30. The highest BCUT2D eigenvalue weighted by Gasteiger charge is 2.30. The van der Waals surface area contributed by atoms with E-state index in [2.05, 4.69) is 69.1 Å². The highest BCUT2D eigenvalue weighted by atomic mass is 15.2. The predicted octanol–water partition coefficient (Wildman–Crippen LogP) is 4.60. The summed E-state index contributed by atoms with van der Waals surface area (Å²) in [5, 5.41) is 3.41. The monoisotopic (exact) mass is 286 g/mol. The van der Waals surface area contributed by atoms with Gasteiger partial charge in [0.2, 0.25) is 0 Å². The van der Waals surface area contributed by atoms with Crippen LogP contribution in [-0.2, 0) is 6.54 Å². The number of nitrogens with one attached hydrogen (secondary N) is 1. The summed E-state index contributed by atoms with van der Waals surface area (Å²) in [5.41, 5.74) is 5.68. The molecule has 1 aromatic carbocycles. The quantitative estimate of drug-likeness (QED) is 0.822. The molecule has 0 fully saturated rings. The summed E-state index contributed by atoms with van der Waals surface area (Å²) >= 11 is 0. The van der Waals surface area contributed by atoms with E-state index in [1.165, 1.54) is 35.2 Å². The fraction of sp³-hybridized carbons (Fsp3) is 0.579. The number of hydrogen-bond acceptors (Lipinski definition) is 2. The van der Waals surface area contributed by atoms with Crippen LogP contribution >= 0.6 is 0 Å². The van der Waals surface area contributed by atoms with Gasteiger partial charge in [0.25, 0.3) is 0 Å². The minimum atomic E-state index is 0.107. The smallest absolute Gasteiger partial charge is 0.0534 e. The standard InChI is InChI=1S/C19H30N2/c1-6-8-11-21-18-10-9-16(14-20-7-2)12-17(18)15(3)13-19(21,4)5/h9-10,12-13,20H,6-8,11,14H2,1-5H3. The number of fused-ring (bicyclic) bond motifs is 1. The first-order chi connectivity index (χ1) is 9.99. The van der Waals surface area contributed by atoms with Gasteiger partial charge in [-0.1, -0.05) is 32.4 Å². The van der Waals surface area contributed by atoms with Gasteiger partial charge >= 0.3 is 0 Å². The predicted molar refractivity (Wildman–Crippen MR) is 93.8 cm³/mol. The third kappa shape index (κ3) is 3.49. The van der Waals surface area contributed by atoms with Crippen molar-refractivity contribution in [3.8, 4) is 0 Å². The van der Waals surface area contributed by atoms with E-state index < -0.39 is 0 Å². The van der Waals surface area contributed by atoms with E-state index >= 15 is 0 Å². The molecule has 0 radical (unpaired) electrons. The van der Waals surface area contributed by atoms with Crippen molar-refractivity contribution in [1.82, 2.24) is 5.32 Å². The van der Waals surface area contributed by atoms with Crippen molar-refractivity contribution in [2.75, 3.05) is 18.0 Å². The van der Waals surface area contributed by atoms with Crippen molar-refractivity contribution in [2.24, 2.45) is 0 Å². The van der Waals surface area contributed by atoms with E-state index in [1.54, 1.807) is 0 Å². The van der Waals surface area contributed by atoms with Crippen molar-refractivity contribution in [3.63, 3.8) is 0 Å². The van der Waals surface area contributed by atoms with Crippen LogP contribution in [0.1, 0.15) is 58.6 Å². The zero-order valence-corrected chi connectivity index (χ0v) is 14.3.